The average Bonchev–Trinajstić information content (AvgIpc) is 2.16. The maximum absolute atomic E-state index is 5.29. The minimum Gasteiger partial charge on any atom is -0.496 e. The third-order valence-electron chi connectivity index (χ3n) is 2.36. The molecule has 2 heteroatoms. The maximum atomic E-state index is 5.29. The predicted molar refractivity (Wildman–Crippen MR) is 55.1 cm³/mol. The molecule has 0 aliphatic rings. The van der Waals surface area contributed by atoms with Crippen molar-refractivity contribution in [2.24, 2.45) is 0 Å². The summed E-state index contributed by atoms with van der Waals surface area (Å²) < 4.78 is 5.29. The summed E-state index contributed by atoms with van der Waals surface area (Å²) in [5.74, 6) is 0.962. The van der Waals surface area contributed by atoms with E-state index in [1.54, 1.807) is 7.11 Å². The first-order chi connectivity index (χ1) is 6.16. The lowest BCUT2D eigenvalue weighted by atomic mass is 10.1. The van der Waals surface area contributed by atoms with Crippen LogP contribution in [0.4, 0.5) is 0 Å². The van der Waals surface area contributed by atoms with E-state index < -0.39 is 0 Å². The molecule has 1 unspecified atom stereocenters. The summed E-state index contributed by atoms with van der Waals surface area (Å²) in [6, 6.07) is 8.51. The van der Waals surface area contributed by atoms with Crippen LogP contribution in [0.2, 0.25) is 0 Å². The first-order valence-corrected chi connectivity index (χ1v) is 4.46. The van der Waals surface area contributed by atoms with Gasteiger partial charge in [0.15, 0.2) is 0 Å². The van der Waals surface area contributed by atoms with Gasteiger partial charge in [0.1, 0.15) is 5.75 Å². The van der Waals surface area contributed by atoms with Crippen LogP contribution in [0.5, 0.6) is 5.75 Å². The van der Waals surface area contributed by atoms with E-state index in [1.165, 1.54) is 5.56 Å². The zero-order valence-electron chi connectivity index (χ0n) is 8.74. The number of nitrogens with zero attached hydrogens (tertiary/aromatic N) is 1. The molecule has 0 aliphatic carbocycles. The zero-order chi connectivity index (χ0) is 9.84. The Kier molecular flexibility index (Phi) is 3.32. The molecule has 1 aromatic carbocycles. The predicted octanol–water partition coefficient (Wildman–Crippen LogP) is 2.32. The average molecular weight is 179 g/mol. The smallest absolute Gasteiger partial charge is 0.123 e. The van der Waals surface area contributed by atoms with Crippen molar-refractivity contribution in [2.45, 2.75) is 13.0 Å². The Hall–Kier alpha value is -1.02. The Morgan fingerprint density at radius 3 is 2.38 bits per heavy atom. The fourth-order valence-electron chi connectivity index (χ4n) is 1.29. The van der Waals surface area contributed by atoms with Crippen LogP contribution >= 0.6 is 0 Å². The molecule has 1 rings (SSSR count). The number of para-hydroxylation sites is 1. The minimum absolute atomic E-state index is 0.385. The van der Waals surface area contributed by atoms with Crippen molar-refractivity contribution in [3.05, 3.63) is 29.8 Å². The number of benzene rings is 1. The topological polar surface area (TPSA) is 12.5 Å². The zero-order valence-corrected chi connectivity index (χ0v) is 8.74. The molecule has 0 bridgehead atoms. The Labute approximate surface area is 80.1 Å². The molecule has 0 aromatic heterocycles. The van der Waals surface area contributed by atoms with Crippen molar-refractivity contribution in [3.8, 4) is 5.75 Å². The van der Waals surface area contributed by atoms with Gasteiger partial charge in [0.25, 0.3) is 0 Å². The van der Waals surface area contributed by atoms with Gasteiger partial charge in [-0.05, 0) is 27.1 Å². The molecular formula is C11H17NO. The lowest BCUT2D eigenvalue weighted by Crippen LogP contribution is -2.17. The van der Waals surface area contributed by atoms with Gasteiger partial charge < -0.3 is 9.64 Å². The second-order valence-corrected chi connectivity index (χ2v) is 3.38. The first-order valence-electron chi connectivity index (χ1n) is 4.46. The van der Waals surface area contributed by atoms with E-state index in [0.717, 1.165) is 5.75 Å². The molecule has 0 radical (unpaired) electrons. The van der Waals surface area contributed by atoms with Gasteiger partial charge >= 0.3 is 0 Å². The van der Waals surface area contributed by atoms with E-state index in [1.807, 2.05) is 18.2 Å². The monoisotopic (exact) mass is 179 g/mol. The van der Waals surface area contributed by atoms with Gasteiger partial charge in [0.2, 0.25) is 0 Å². The van der Waals surface area contributed by atoms with Crippen LogP contribution in [0.3, 0.4) is 0 Å². The van der Waals surface area contributed by atoms with Crippen molar-refractivity contribution < 1.29 is 4.74 Å². The van der Waals surface area contributed by atoms with E-state index in [2.05, 4.69) is 32.0 Å². The van der Waals surface area contributed by atoms with Gasteiger partial charge in [-0.1, -0.05) is 18.2 Å². The first kappa shape index (κ1) is 10.1. The molecule has 0 fully saturated rings. The fraction of sp³-hybridized carbons (Fsp3) is 0.455. The van der Waals surface area contributed by atoms with E-state index >= 15 is 0 Å². The molecule has 0 aliphatic heterocycles. The highest BCUT2D eigenvalue weighted by atomic mass is 16.5. The Bertz CT molecular complexity index is 271. The summed E-state index contributed by atoms with van der Waals surface area (Å²) in [5.41, 5.74) is 1.23. The standard InChI is InChI=1S/C11H17NO/c1-9(12(2)3)10-7-5-6-8-11(10)13-4/h5-9H,1-4H3. The van der Waals surface area contributed by atoms with Crippen LogP contribution < -0.4 is 4.74 Å². The SMILES string of the molecule is COc1ccccc1C(C)N(C)C. The highest BCUT2D eigenvalue weighted by Gasteiger charge is 2.11. The van der Waals surface area contributed by atoms with Gasteiger partial charge in [0.05, 0.1) is 7.11 Å². The van der Waals surface area contributed by atoms with Crippen molar-refractivity contribution in [1.29, 1.82) is 0 Å². The van der Waals surface area contributed by atoms with Gasteiger partial charge in [-0.25, -0.2) is 0 Å². The molecular weight excluding hydrogens is 162 g/mol. The molecule has 0 saturated carbocycles. The molecule has 2 nitrogen and oxygen atoms in total. The maximum Gasteiger partial charge on any atom is 0.123 e. The number of methoxy groups -OCH3 is 1. The normalized spacial score (nSPS) is 13.0. The van der Waals surface area contributed by atoms with Crippen molar-refractivity contribution in [3.63, 3.8) is 0 Å². The van der Waals surface area contributed by atoms with Crippen LogP contribution in [-0.4, -0.2) is 26.1 Å². The van der Waals surface area contributed by atoms with E-state index in [9.17, 15) is 0 Å². The fourth-order valence-corrected chi connectivity index (χ4v) is 1.29. The summed E-state index contributed by atoms with van der Waals surface area (Å²) in [5, 5.41) is 0. The summed E-state index contributed by atoms with van der Waals surface area (Å²) in [7, 11) is 5.84. The van der Waals surface area contributed by atoms with Crippen LogP contribution in [-0.2, 0) is 0 Å². The molecule has 0 amide bonds. The lowest BCUT2D eigenvalue weighted by Gasteiger charge is -2.21. The molecule has 13 heavy (non-hydrogen) atoms. The quantitative estimate of drug-likeness (QED) is 0.706. The van der Waals surface area contributed by atoms with E-state index in [4.69, 9.17) is 4.74 Å². The molecule has 0 saturated heterocycles. The summed E-state index contributed by atoms with van der Waals surface area (Å²) in [6.45, 7) is 2.16. The van der Waals surface area contributed by atoms with Crippen LogP contribution in [0.25, 0.3) is 0 Å². The molecule has 72 valence electrons. The van der Waals surface area contributed by atoms with Gasteiger partial charge in [-0.2, -0.15) is 0 Å². The highest BCUT2D eigenvalue weighted by Crippen LogP contribution is 2.26. The third-order valence-corrected chi connectivity index (χ3v) is 2.36. The van der Waals surface area contributed by atoms with E-state index in [0.29, 0.717) is 6.04 Å². The largest absolute Gasteiger partial charge is 0.496 e. The number of hydrogen-bond acceptors (Lipinski definition) is 2. The van der Waals surface area contributed by atoms with Crippen molar-refractivity contribution in [2.75, 3.05) is 21.2 Å². The van der Waals surface area contributed by atoms with Crippen molar-refractivity contribution in [1.82, 2.24) is 4.90 Å². The summed E-state index contributed by atoms with van der Waals surface area (Å²) >= 11 is 0. The molecule has 1 aromatic rings. The summed E-state index contributed by atoms with van der Waals surface area (Å²) in [4.78, 5) is 2.16. The Balaban J connectivity index is 2.98. The third kappa shape index (κ3) is 2.22. The lowest BCUT2D eigenvalue weighted by molar-refractivity contribution is 0.308. The number of ether oxygens (including phenoxy) is 1. The molecule has 0 heterocycles. The summed E-state index contributed by atoms with van der Waals surface area (Å²) in [6.07, 6.45) is 0. The van der Waals surface area contributed by atoms with Gasteiger partial charge in [0, 0.05) is 11.6 Å². The Morgan fingerprint density at radius 2 is 1.85 bits per heavy atom. The van der Waals surface area contributed by atoms with Crippen LogP contribution in [0.1, 0.15) is 18.5 Å². The van der Waals surface area contributed by atoms with Gasteiger partial charge in [-0.3, -0.25) is 0 Å². The number of rotatable bonds is 3. The second-order valence-electron chi connectivity index (χ2n) is 3.38. The van der Waals surface area contributed by atoms with Crippen LogP contribution in [0.15, 0.2) is 24.3 Å². The minimum atomic E-state index is 0.385. The molecule has 0 spiro atoms. The molecule has 0 N–H and O–H groups in total. The molecule has 1 atom stereocenters. The number of hydrogen-bond donors (Lipinski definition) is 0. The highest BCUT2D eigenvalue weighted by molar-refractivity contribution is 5.35. The van der Waals surface area contributed by atoms with Gasteiger partial charge in [-0.15, -0.1) is 0 Å². The van der Waals surface area contributed by atoms with E-state index in [-0.39, 0.29) is 0 Å². The Morgan fingerprint density at radius 1 is 1.23 bits per heavy atom. The second kappa shape index (κ2) is 4.28. The van der Waals surface area contributed by atoms with Crippen molar-refractivity contribution >= 4 is 0 Å². The van der Waals surface area contributed by atoms with Crippen LogP contribution in [0, 0.1) is 0 Å².